The minimum Gasteiger partial charge on any atom is -0.505 e. The van der Waals surface area contributed by atoms with Crippen LogP contribution in [0.3, 0.4) is 0 Å². The number of nitrogens with one attached hydrogen (secondary N) is 1. The highest BCUT2D eigenvalue weighted by atomic mass is 16.4. The van der Waals surface area contributed by atoms with Gasteiger partial charge in [0.05, 0.1) is 0 Å². The summed E-state index contributed by atoms with van der Waals surface area (Å²) < 4.78 is 4.70. The van der Waals surface area contributed by atoms with Gasteiger partial charge >= 0.3 is 5.63 Å². The SMILES string of the molecule is CCC(=O)Nc1c(O)cc(C)oc1=O. The quantitative estimate of drug-likeness (QED) is 0.741. The molecule has 0 atom stereocenters. The van der Waals surface area contributed by atoms with Crippen molar-refractivity contribution in [2.45, 2.75) is 20.3 Å². The van der Waals surface area contributed by atoms with Gasteiger partial charge < -0.3 is 14.8 Å². The third kappa shape index (κ3) is 2.12. The van der Waals surface area contributed by atoms with Crippen molar-refractivity contribution in [3.8, 4) is 5.75 Å². The van der Waals surface area contributed by atoms with Crippen molar-refractivity contribution in [3.05, 3.63) is 22.2 Å². The second kappa shape index (κ2) is 3.95. The Hall–Kier alpha value is -1.78. The van der Waals surface area contributed by atoms with Crippen LogP contribution in [0.5, 0.6) is 5.75 Å². The molecule has 0 aliphatic rings. The maximum Gasteiger partial charge on any atom is 0.363 e. The van der Waals surface area contributed by atoms with Gasteiger partial charge in [0.15, 0.2) is 5.69 Å². The lowest BCUT2D eigenvalue weighted by atomic mass is 10.3. The molecule has 0 radical (unpaired) electrons. The van der Waals surface area contributed by atoms with Crippen LogP contribution in [0.15, 0.2) is 15.3 Å². The minimum absolute atomic E-state index is 0.206. The molecule has 0 aromatic carbocycles. The highest BCUT2D eigenvalue weighted by Gasteiger charge is 2.11. The van der Waals surface area contributed by atoms with Gasteiger partial charge in [-0.1, -0.05) is 6.92 Å². The minimum atomic E-state index is -0.746. The molecule has 1 rings (SSSR count). The van der Waals surface area contributed by atoms with Crippen LogP contribution >= 0.6 is 0 Å². The van der Waals surface area contributed by atoms with E-state index in [-0.39, 0.29) is 23.8 Å². The summed E-state index contributed by atoms with van der Waals surface area (Å²) in [6.45, 7) is 3.18. The smallest absolute Gasteiger partial charge is 0.363 e. The molecule has 1 amide bonds. The van der Waals surface area contributed by atoms with Crippen molar-refractivity contribution in [1.29, 1.82) is 0 Å². The lowest BCUT2D eigenvalue weighted by molar-refractivity contribution is -0.115. The van der Waals surface area contributed by atoms with Gasteiger partial charge in [-0.15, -0.1) is 0 Å². The monoisotopic (exact) mass is 197 g/mol. The fourth-order valence-corrected chi connectivity index (χ4v) is 0.939. The maximum absolute atomic E-state index is 11.2. The van der Waals surface area contributed by atoms with E-state index in [0.717, 1.165) is 0 Å². The molecule has 76 valence electrons. The van der Waals surface area contributed by atoms with Gasteiger partial charge in [0, 0.05) is 12.5 Å². The van der Waals surface area contributed by atoms with Crippen molar-refractivity contribution < 1.29 is 14.3 Å². The van der Waals surface area contributed by atoms with Gasteiger partial charge in [-0.3, -0.25) is 4.79 Å². The first-order chi connectivity index (χ1) is 6.54. The van der Waals surface area contributed by atoms with Crippen LogP contribution in [-0.4, -0.2) is 11.0 Å². The summed E-state index contributed by atoms with van der Waals surface area (Å²) in [7, 11) is 0. The first kappa shape index (κ1) is 10.3. The number of carbonyl (C=O) groups excluding carboxylic acids is 1. The van der Waals surface area contributed by atoms with E-state index in [1.54, 1.807) is 6.92 Å². The zero-order valence-electron chi connectivity index (χ0n) is 7.96. The number of hydrogen-bond donors (Lipinski definition) is 2. The fraction of sp³-hybridized carbons (Fsp3) is 0.333. The summed E-state index contributed by atoms with van der Waals surface area (Å²) in [5.41, 5.74) is -0.952. The summed E-state index contributed by atoms with van der Waals surface area (Å²) in [6, 6.07) is 1.27. The first-order valence-electron chi connectivity index (χ1n) is 4.18. The van der Waals surface area contributed by atoms with E-state index in [9.17, 15) is 14.7 Å². The third-order valence-corrected chi connectivity index (χ3v) is 1.64. The molecule has 0 aliphatic heterocycles. The van der Waals surface area contributed by atoms with Crippen LogP contribution in [0.25, 0.3) is 0 Å². The largest absolute Gasteiger partial charge is 0.505 e. The molecule has 1 heterocycles. The van der Waals surface area contributed by atoms with Crippen LogP contribution in [0.2, 0.25) is 0 Å². The number of anilines is 1. The standard InChI is InChI=1S/C9H11NO4/c1-3-7(12)10-8-6(11)4-5(2)14-9(8)13/h4,11H,3H2,1-2H3,(H,10,12). The maximum atomic E-state index is 11.2. The Morgan fingerprint density at radius 2 is 2.29 bits per heavy atom. The number of hydrogen-bond acceptors (Lipinski definition) is 4. The number of rotatable bonds is 2. The highest BCUT2D eigenvalue weighted by molar-refractivity contribution is 5.91. The molecule has 1 aromatic heterocycles. The Bertz CT molecular complexity index is 408. The molecule has 5 nitrogen and oxygen atoms in total. The number of amides is 1. The van der Waals surface area contributed by atoms with Crippen LogP contribution in [-0.2, 0) is 4.79 Å². The Morgan fingerprint density at radius 3 is 2.79 bits per heavy atom. The van der Waals surface area contributed by atoms with E-state index in [0.29, 0.717) is 5.76 Å². The lowest BCUT2D eigenvalue weighted by Gasteiger charge is -2.04. The second-order valence-electron chi connectivity index (χ2n) is 2.81. The van der Waals surface area contributed by atoms with E-state index in [1.165, 1.54) is 13.0 Å². The Kier molecular flexibility index (Phi) is 2.91. The predicted molar refractivity (Wildman–Crippen MR) is 50.3 cm³/mol. The molecular weight excluding hydrogens is 186 g/mol. The van der Waals surface area contributed by atoms with E-state index < -0.39 is 5.63 Å². The van der Waals surface area contributed by atoms with E-state index in [2.05, 4.69) is 5.32 Å². The van der Waals surface area contributed by atoms with Crippen LogP contribution < -0.4 is 10.9 Å². The molecule has 0 aliphatic carbocycles. The Balaban J connectivity index is 3.09. The van der Waals surface area contributed by atoms with E-state index in [4.69, 9.17) is 4.42 Å². The Labute approximate surface area is 80.4 Å². The van der Waals surface area contributed by atoms with E-state index >= 15 is 0 Å². The van der Waals surface area contributed by atoms with Gasteiger partial charge in [0.25, 0.3) is 0 Å². The highest BCUT2D eigenvalue weighted by Crippen LogP contribution is 2.19. The van der Waals surface area contributed by atoms with Gasteiger partial charge in [-0.25, -0.2) is 4.79 Å². The molecule has 1 aromatic rings. The van der Waals surface area contributed by atoms with Gasteiger partial charge in [0.1, 0.15) is 11.5 Å². The van der Waals surface area contributed by atoms with Crippen molar-refractivity contribution in [3.63, 3.8) is 0 Å². The van der Waals surface area contributed by atoms with Gasteiger partial charge in [0.2, 0.25) is 5.91 Å². The lowest BCUT2D eigenvalue weighted by Crippen LogP contribution is -2.16. The molecule has 14 heavy (non-hydrogen) atoms. The topological polar surface area (TPSA) is 79.5 Å². The molecule has 0 spiro atoms. The Morgan fingerprint density at radius 1 is 1.64 bits per heavy atom. The fourth-order valence-electron chi connectivity index (χ4n) is 0.939. The van der Waals surface area contributed by atoms with Crippen molar-refractivity contribution in [2.75, 3.05) is 5.32 Å². The third-order valence-electron chi connectivity index (χ3n) is 1.64. The molecule has 5 heteroatoms. The molecule has 2 N–H and O–H groups in total. The van der Waals surface area contributed by atoms with Crippen molar-refractivity contribution in [2.24, 2.45) is 0 Å². The summed E-state index contributed by atoms with van der Waals surface area (Å²) in [4.78, 5) is 22.1. The molecular formula is C9H11NO4. The summed E-state index contributed by atoms with van der Waals surface area (Å²) in [6.07, 6.45) is 0.229. The second-order valence-corrected chi connectivity index (χ2v) is 2.81. The predicted octanol–water partition coefficient (Wildman–Crippen LogP) is 1.00. The summed E-state index contributed by atoms with van der Waals surface area (Å²) in [5.74, 6) is -0.334. The summed E-state index contributed by atoms with van der Waals surface area (Å²) >= 11 is 0. The average Bonchev–Trinajstić information content (AvgIpc) is 2.10. The van der Waals surface area contributed by atoms with Crippen LogP contribution in [0.4, 0.5) is 5.69 Å². The molecule has 0 unspecified atom stereocenters. The van der Waals surface area contributed by atoms with Gasteiger partial charge in [-0.05, 0) is 6.92 Å². The molecule has 0 saturated heterocycles. The van der Waals surface area contributed by atoms with Crippen molar-refractivity contribution >= 4 is 11.6 Å². The zero-order chi connectivity index (χ0) is 10.7. The molecule has 0 saturated carbocycles. The van der Waals surface area contributed by atoms with Crippen molar-refractivity contribution in [1.82, 2.24) is 0 Å². The van der Waals surface area contributed by atoms with Crippen LogP contribution in [0.1, 0.15) is 19.1 Å². The van der Waals surface area contributed by atoms with E-state index in [1.807, 2.05) is 0 Å². The molecule has 0 fully saturated rings. The first-order valence-corrected chi connectivity index (χ1v) is 4.18. The average molecular weight is 197 g/mol. The normalized spacial score (nSPS) is 9.86. The van der Waals surface area contributed by atoms with Crippen LogP contribution in [0, 0.1) is 6.92 Å². The zero-order valence-corrected chi connectivity index (χ0v) is 7.96. The van der Waals surface area contributed by atoms with Gasteiger partial charge in [-0.2, -0.15) is 0 Å². The molecule has 0 bridgehead atoms. The summed E-state index contributed by atoms with van der Waals surface area (Å²) in [5, 5.41) is 11.6. The number of carbonyl (C=O) groups is 1. The number of aryl methyl sites for hydroxylation is 1. The number of aromatic hydroxyl groups is 1.